The molecule has 0 saturated carbocycles. The van der Waals surface area contributed by atoms with Gasteiger partial charge in [0.1, 0.15) is 5.76 Å². The molecule has 0 aliphatic heterocycles. The molecule has 0 saturated heterocycles. The Kier molecular flexibility index (Phi) is 5.19. The number of benzene rings is 6. The summed E-state index contributed by atoms with van der Waals surface area (Å²) in [5, 5.41) is 8.70. The number of rotatable bonds is 4. The van der Waals surface area contributed by atoms with Gasteiger partial charge in [0.15, 0.2) is 5.78 Å². The van der Waals surface area contributed by atoms with Gasteiger partial charge >= 0.3 is 0 Å². The minimum absolute atomic E-state index is 0.00568. The van der Waals surface area contributed by atoms with Crippen LogP contribution < -0.4 is 0 Å². The first-order valence-corrected chi connectivity index (χ1v) is 12.8. The van der Waals surface area contributed by atoms with Crippen LogP contribution in [0.5, 0.6) is 0 Å². The Morgan fingerprint density at radius 2 is 1.05 bits per heavy atom. The van der Waals surface area contributed by atoms with Crippen molar-refractivity contribution in [2.75, 3.05) is 0 Å². The molecule has 0 aliphatic rings. The standard InChI is InChI=1S/C36H24O2/c1-23(18-33(37)35-29-14-6-2-10-24(29)19-25-11-3-7-15-30(25)35)28-21-34(38-22-28)36-31-16-8-4-12-26(31)20-27-13-5-9-17-32(27)36/h2-22H,1H3/b23-18+. The molecule has 0 aliphatic carbocycles. The van der Waals surface area contributed by atoms with Crippen LogP contribution in [0.25, 0.3) is 60.0 Å². The van der Waals surface area contributed by atoms with Crippen molar-refractivity contribution in [2.24, 2.45) is 0 Å². The SMILES string of the molecule is C/C(=C\C(=O)c1c2ccccc2cc2ccccc12)c1coc(-c2c3ccccc3cc3ccccc23)c1. The second-order valence-electron chi connectivity index (χ2n) is 9.78. The van der Waals surface area contributed by atoms with Crippen LogP contribution in [0.3, 0.4) is 0 Å². The van der Waals surface area contributed by atoms with Crippen LogP contribution in [0.1, 0.15) is 22.8 Å². The number of fused-ring (bicyclic) bond motifs is 4. The lowest BCUT2D eigenvalue weighted by molar-refractivity contribution is 0.105. The van der Waals surface area contributed by atoms with E-state index in [0.29, 0.717) is 0 Å². The average molecular weight is 489 g/mol. The number of allylic oxidation sites excluding steroid dienone is 2. The third kappa shape index (κ3) is 3.62. The summed E-state index contributed by atoms with van der Waals surface area (Å²) < 4.78 is 6.16. The number of hydrogen-bond acceptors (Lipinski definition) is 2. The molecule has 180 valence electrons. The lowest BCUT2D eigenvalue weighted by atomic mass is 9.93. The molecule has 0 atom stereocenters. The molecule has 2 heteroatoms. The lowest BCUT2D eigenvalue weighted by Crippen LogP contribution is -1.99. The molecule has 1 heterocycles. The van der Waals surface area contributed by atoms with Gasteiger partial charge in [-0.05, 0) is 79.9 Å². The van der Waals surface area contributed by atoms with E-state index in [1.807, 2.05) is 43.3 Å². The summed E-state index contributed by atoms with van der Waals surface area (Å²) in [6.45, 7) is 1.97. The predicted molar refractivity (Wildman–Crippen MR) is 159 cm³/mol. The Labute approximate surface area is 220 Å². The molecule has 38 heavy (non-hydrogen) atoms. The highest BCUT2D eigenvalue weighted by Crippen LogP contribution is 2.38. The van der Waals surface area contributed by atoms with Gasteiger partial charge in [-0.15, -0.1) is 0 Å². The Hall–Kier alpha value is -4.95. The molecule has 1 aromatic heterocycles. The van der Waals surface area contributed by atoms with Crippen LogP contribution in [0.4, 0.5) is 0 Å². The fourth-order valence-corrected chi connectivity index (χ4v) is 5.58. The van der Waals surface area contributed by atoms with Gasteiger partial charge in [0.25, 0.3) is 0 Å². The maximum atomic E-state index is 13.8. The molecule has 6 aromatic carbocycles. The molecule has 0 bridgehead atoms. The molecule has 0 fully saturated rings. The van der Waals surface area contributed by atoms with Crippen molar-refractivity contribution in [2.45, 2.75) is 6.92 Å². The first kappa shape index (κ1) is 22.3. The van der Waals surface area contributed by atoms with Crippen LogP contribution >= 0.6 is 0 Å². The Bertz CT molecular complexity index is 1950. The first-order valence-electron chi connectivity index (χ1n) is 12.8. The van der Waals surface area contributed by atoms with Gasteiger partial charge in [0.2, 0.25) is 0 Å². The Morgan fingerprint density at radius 3 is 1.58 bits per heavy atom. The summed E-state index contributed by atoms with van der Waals surface area (Å²) >= 11 is 0. The summed E-state index contributed by atoms with van der Waals surface area (Å²) in [6.07, 6.45) is 3.50. The minimum atomic E-state index is -0.00568. The van der Waals surface area contributed by atoms with Crippen LogP contribution in [0.2, 0.25) is 0 Å². The smallest absolute Gasteiger partial charge is 0.187 e. The second-order valence-corrected chi connectivity index (χ2v) is 9.78. The van der Waals surface area contributed by atoms with Gasteiger partial charge < -0.3 is 4.42 Å². The molecule has 7 rings (SSSR count). The highest BCUT2D eigenvalue weighted by atomic mass is 16.3. The molecular weight excluding hydrogens is 464 g/mol. The van der Waals surface area contributed by atoms with Crippen molar-refractivity contribution in [3.63, 3.8) is 0 Å². The van der Waals surface area contributed by atoms with E-state index in [0.717, 1.165) is 60.3 Å². The van der Waals surface area contributed by atoms with Crippen LogP contribution in [-0.4, -0.2) is 5.78 Å². The van der Waals surface area contributed by atoms with Gasteiger partial charge in [-0.2, -0.15) is 0 Å². The number of hydrogen-bond donors (Lipinski definition) is 0. The Balaban J connectivity index is 1.35. The molecule has 0 radical (unpaired) electrons. The highest BCUT2D eigenvalue weighted by molar-refractivity contribution is 6.23. The van der Waals surface area contributed by atoms with E-state index in [9.17, 15) is 4.79 Å². The lowest BCUT2D eigenvalue weighted by Gasteiger charge is -2.10. The molecule has 0 amide bonds. The van der Waals surface area contributed by atoms with Crippen molar-refractivity contribution in [3.05, 3.63) is 139 Å². The fourth-order valence-electron chi connectivity index (χ4n) is 5.58. The molecule has 0 N–H and O–H groups in total. The summed E-state index contributed by atoms with van der Waals surface area (Å²) in [4.78, 5) is 13.8. The normalized spacial score (nSPS) is 12.1. The predicted octanol–water partition coefficient (Wildman–Crippen LogP) is 9.85. The van der Waals surface area contributed by atoms with Crippen LogP contribution in [0, 0.1) is 0 Å². The van der Waals surface area contributed by atoms with E-state index in [1.54, 1.807) is 12.3 Å². The maximum absolute atomic E-state index is 13.8. The van der Waals surface area contributed by atoms with Gasteiger partial charge in [-0.25, -0.2) is 0 Å². The quantitative estimate of drug-likeness (QED) is 0.140. The molecule has 2 nitrogen and oxygen atoms in total. The van der Waals surface area contributed by atoms with E-state index in [2.05, 4.69) is 78.9 Å². The van der Waals surface area contributed by atoms with Gasteiger partial charge in [0, 0.05) is 16.7 Å². The third-order valence-corrected chi connectivity index (χ3v) is 7.44. The van der Waals surface area contributed by atoms with E-state index < -0.39 is 0 Å². The Morgan fingerprint density at radius 1 is 0.605 bits per heavy atom. The second kappa shape index (κ2) is 8.86. The highest BCUT2D eigenvalue weighted by Gasteiger charge is 2.16. The molecule has 0 unspecified atom stereocenters. The summed E-state index contributed by atoms with van der Waals surface area (Å²) in [5.41, 5.74) is 3.58. The first-order chi connectivity index (χ1) is 18.7. The summed E-state index contributed by atoms with van der Waals surface area (Å²) in [5.74, 6) is 0.790. The van der Waals surface area contributed by atoms with Crippen LogP contribution in [0.15, 0.2) is 132 Å². The van der Waals surface area contributed by atoms with Gasteiger partial charge in [0.05, 0.1) is 6.26 Å². The van der Waals surface area contributed by atoms with Crippen LogP contribution in [-0.2, 0) is 0 Å². The molecular formula is C36H24O2. The van der Waals surface area contributed by atoms with Gasteiger partial charge in [-0.1, -0.05) is 97.1 Å². The van der Waals surface area contributed by atoms with E-state index >= 15 is 0 Å². The number of carbonyl (C=O) groups excluding carboxylic acids is 1. The molecule has 7 aromatic rings. The zero-order chi connectivity index (χ0) is 25.6. The maximum Gasteiger partial charge on any atom is 0.187 e. The fraction of sp³-hybridized carbons (Fsp3) is 0.0278. The summed E-state index contributed by atoms with van der Waals surface area (Å²) in [7, 11) is 0. The van der Waals surface area contributed by atoms with Crippen molar-refractivity contribution >= 4 is 54.4 Å². The van der Waals surface area contributed by atoms with E-state index in [-0.39, 0.29) is 5.78 Å². The van der Waals surface area contributed by atoms with Gasteiger partial charge in [-0.3, -0.25) is 4.79 Å². The van der Waals surface area contributed by atoms with Crippen molar-refractivity contribution in [3.8, 4) is 11.3 Å². The van der Waals surface area contributed by atoms with E-state index in [4.69, 9.17) is 4.42 Å². The largest absolute Gasteiger partial charge is 0.464 e. The summed E-state index contributed by atoms with van der Waals surface area (Å²) in [6, 6.07) is 39.4. The minimum Gasteiger partial charge on any atom is -0.464 e. The van der Waals surface area contributed by atoms with Crippen molar-refractivity contribution in [1.29, 1.82) is 0 Å². The average Bonchev–Trinajstić information content (AvgIpc) is 3.44. The number of ketones is 1. The zero-order valence-corrected chi connectivity index (χ0v) is 20.9. The number of furan rings is 1. The van der Waals surface area contributed by atoms with Crippen molar-refractivity contribution < 1.29 is 9.21 Å². The molecule has 0 spiro atoms. The van der Waals surface area contributed by atoms with Crippen molar-refractivity contribution in [1.82, 2.24) is 0 Å². The zero-order valence-electron chi connectivity index (χ0n) is 20.9. The van der Waals surface area contributed by atoms with E-state index in [1.165, 1.54) is 10.8 Å². The third-order valence-electron chi connectivity index (χ3n) is 7.44. The topological polar surface area (TPSA) is 30.2 Å². The number of carbonyl (C=O) groups is 1. The monoisotopic (exact) mass is 488 g/mol.